The molecule has 3 heterocycles. The molecule has 21 heavy (non-hydrogen) atoms. The van der Waals surface area contributed by atoms with E-state index in [0.717, 1.165) is 12.8 Å². The lowest BCUT2D eigenvalue weighted by molar-refractivity contribution is -0.0205. The van der Waals surface area contributed by atoms with Crippen LogP contribution in [0, 0.1) is 0 Å². The van der Waals surface area contributed by atoms with Crippen molar-refractivity contribution in [1.82, 2.24) is 19.5 Å². The monoisotopic (exact) mass is 313 g/mol. The number of aliphatic hydroxyl groups excluding tert-OH is 1. The second-order valence-corrected chi connectivity index (χ2v) is 4.71. The van der Waals surface area contributed by atoms with Crippen LogP contribution in [-0.2, 0) is 4.74 Å². The number of nitrogens with one attached hydrogen (secondary N) is 1. The maximum Gasteiger partial charge on any atom is 0.207 e. The molecular weight excluding hydrogens is 294 g/mol. The molecule has 8 heteroatoms. The average Bonchev–Trinajstić information content (AvgIpc) is 3.11. The molecule has 2 atom stereocenters. The van der Waals surface area contributed by atoms with Gasteiger partial charge in [0.1, 0.15) is 12.6 Å². The highest BCUT2D eigenvalue weighted by molar-refractivity contribution is 6.29. The van der Waals surface area contributed by atoms with Crippen LogP contribution in [0.15, 0.2) is 6.33 Å². The summed E-state index contributed by atoms with van der Waals surface area (Å²) >= 11 is 6.18. The predicted octanol–water partition coefficient (Wildman–Crippen LogP) is 2.22. The molecule has 1 fully saturated rings. The van der Waals surface area contributed by atoms with Gasteiger partial charge in [0.05, 0.1) is 12.7 Å². The van der Waals surface area contributed by atoms with Crippen LogP contribution in [0.2, 0.25) is 5.28 Å². The summed E-state index contributed by atoms with van der Waals surface area (Å²) in [5, 5.41) is 12.4. The van der Waals surface area contributed by atoms with Gasteiger partial charge in [0.25, 0.3) is 0 Å². The Morgan fingerprint density at radius 3 is 2.81 bits per heavy atom. The van der Waals surface area contributed by atoms with Crippen molar-refractivity contribution in [2.45, 2.75) is 39.0 Å². The first-order valence-electron chi connectivity index (χ1n) is 7.07. The third kappa shape index (κ3) is 2.95. The van der Waals surface area contributed by atoms with Crippen LogP contribution in [0.1, 0.15) is 32.9 Å². The Morgan fingerprint density at radius 2 is 2.19 bits per heavy atom. The Labute approximate surface area is 128 Å². The van der Waals surface area contributed by atoms with Gasteiger partial charge in [-0.05, 0) is 24.4 Å². The fourth-order valence-electron chi connectivity index (χ4n) is 2.33. The van der Waals surface area contributed by atoms with Crippen LogP contribution in [-0.4, -0.2) is 44.4 Å². The van der Waals surface area contributed by atoms with E-state index >= 15 is 0 Å². The van der Waals surface area contributed by atoms with E-state index in [1.807, 2.05) is 13.8 Å². The van der Waals surface area contributed by atoms with Crippen LogP contribution < -0.4 is 5.32 Å². The van der Waals surface area contributed by atoms with Gasteiger partial charge in [0.15, 0.2) is 17.0 Å². The number of ether oxygens (including phenoxy) is 1. The van der Waals surface area contributed by atoms with E-state index in [0.29, 0.717) is 22.3 Å². The fraction of sp³-hybridized carbons (Fsp3) is 0.615. The van der Waals surface area contributed by atoms with Gasteiger partial charge in [-0.3, -0.25) is 4.57 Å². The van der Waals surface area contributed by atoms with Gasteiger partial charge < -0.3 is 15.2 Å². The summed E-state index contributed by atoms with van der Waals surface area (Å²) in [6.45, 7) is 4.01. The van der Waals surface area contributed by atoms with Crippen LogP contribution in [0.25, 0.3) is 11.2 Å². The maximum atomic E-state index is 9.13. The molecule has 2 unspecified atom stereocenters. The first-order chi connectivity index (χ1) is 10.2. The van der Waals surface area contributed by atoms with Gasteiger partial charge in [-0.15, -0.1) is 0 Å². The SMILES string of the molecule is CC.CNc1ncnc2c1nc(Cl)n2C1CCC(CO)O1. The minimum Gasteiger partial charge on any atom is -0.394 e. The topological polar surface area (TPSA) is 85.1 Å². The summed E-state index contributed by atoms with van der Waals surface area (Å²) in [6, 6.07) is 0. The molecule has 1 aliphatic rings. The summed E-state index contributed by atoms with van der Waals surface area (Å²) in [7, 11) is 1.77. The van der Waals surface area contributed by atoms with Crippen molar-refractivity contribution in [2.24, 2.45) is 0 Å². The lowest BCUT2D eigenvalue weighted by Crippen LogP contribution is -2.14. The zero-order chi connectivity index (χ0) is 15.4. The molecule has 0 spiro atoms. The molecular formula is C13H20ClN5O2. The van der Waals surface area contributed by atoms with Gasteiger partial charge in [-0.1, -0.05) is 13.8 Å². The van der Waals surface area contributed by atoms with Crippen molar-refractivity contribution in [3.8, 4) is 0 Å². The average molecular weight is 314 g/mol. The highest BCUT2D eigenvalue weighted by Crippen LogP contribution is 2.34. The van der Waals surface area contributed by atoms with E-state index in [-0.39, 0.29) is 18.9 Å². The largest absolute Gasteiger partial charge is 0.394 e. The van der Waals surface area contributed by atoms with Crippen molar-refractivity contribution in [3.05, 3.63) is 11.6 Å². The summed E-state index contributed by atoms with van der Waals surface area (Å²) < 4.78 is 7.47. The van der Waals surface area contributed by atoms with Gasteiger partial charge in [-0.2, -0.15) is 0 Å². The second-order valence-electron chi connectivity index (χ2n) is 4.37. The normalized spacial score (nSPS) is 21.2. The third-order valence-corrected chi connectivity index (χ3v) is 3.51. The standard InChI is InChI=1S/C11H14ClN5O2.C2H6/c1-13-9-8-10(15-5-14-9)17(11(12)16-8)7-3-2-6(4-18)19-7;1-2/h5-7,18H,2-4H2,1H3,(H,13,14,15);1-2H3. The number of rotatable bonds is 3. The quantitative estimate of drug-likeness (QED) is 0.845. The Hall–Kier alpha value is -1.44. The molecule has 7 nitrogen and oxygen atoms in total. The van der Waals surface area contributed by atoms with Crippen molar-refractivity contribution in [1.29, 1.82) is 0 Å². The Balaban J connectivity index is 0.000000774. The van der Waals surface area contributed by atoms with E-state index in [1.165, 1.54) is 6.33 Å². The van der Waals surface area contributed by atoms with Crippen LogP contribution >= 0.6 is 11.6 Å². The van der Waals surface area contributed by atoms with Gasteiger partial charge in [-0.25, -0.2) is 15.0 Å². The van der Waals surface area contributed by atoms with Gasteiger partial charge >= 0.3 is 0 Å². The number of hydrogen-bond acceptors (Lipinski definition) is 6. The van der Waals surface area contributed by atoms with Crippen molar-refractivity contribution in [2.75, 3.05) is 19.0 Å². The first kappa shape index (κ1) is 15.9. The Kier molecular flexibility index (Phi) is 5.33. The first-order valence-corrected chi connectivity index (χ1v) is 7.45. The zero-order valence-electron chi connectivity index (χ0n) is 12.4. The van der Waals surface area contributed by atoms with E-state index in [4.69, 9.17) is 21.4 Å². The van der Waals surface area contributed by atoms with Crippen molar-refractivity contribution >= 4 is 28.6 Å². The number of fused-ring (bicyclic) bond motifs is 1. The molecule has 2 N–H and O–H groups in total. The number of anilines is 1. The minimum absolute atomic E-state index is 0.0114. The second kappa shape index (κ2) is 7.02. The fourth-order valence-corrected chi connectivity index (χ4v) is 2.60. The summed E-state index contributed by atoms with van der Waals surface area (Å²) in [5.74, 6) is 0.627. The van der Waals surface area contributed by atoms with E-state index in [1.54, 1.807) is 11.6 Å². The molecule has 116 valence electrons. The molecule has 0 radical (unpaired) electrons. The lowest BCUT2D eigenvalue weighted by Gasteiger charge is -2.14. The summed E-state index contributed by atoms with van der Waals surface area (Å²) in [6.07, 6.45) is 2.63. The van der Waals surface area contributed by atoms with Crippen molar-refractivity contribution < 1.29 is 9.84 Å². The van der Waals surface area contributed by atoms with Gasteiger partial charge in [0, 0.05) is 7.05 Å². The molecule has 3 rings (SSSR count). The Bertz CT molecular complexity index is 604. The van der Waals surface area contributed by atoms with Crippen LogP contribution in [0.4, 0.5) is 5.82 Å². The molecule has 2 aromatic rings. The van der Waals surface area contributed by atoms with Crippen LogP contribution in [0.3, 0.4) is 0 Å². The maximum absolute atomic E-state index is 9.13. The van der Waals surface area contributed by atoms with E-state index in [9.17, 15) is 0 Å². The number of hydrogen-bond donors (Lipinski definition) is 2. The summed E-state index contributed by atoms with van der Waals surface area (Å²) in [4.78, 5) is 12.6. The lowest BCUT2D eigenvalue weighted by atomic mass is 10.2. The Morgan fingerprint density at radius 1 is 1.43 bits per heavy atom. The molecule has 1 aliphatic heterocycles. The zero-order valence-corrected chi connectivity index (χ0v) is 13.1. The van der Waals surface area contributed by atoms with E-state index in [2.05, 4.69) is 20.3 Å². The molecule has 0 aliphatic carbocycles. The number of nitrogens with zero attached hydrogens (tertiary/aromatic N) is 4. The highest BCUT2D eigenvalue weighted by atomic mass is 35.5. The minimum atomic E-state index is -0.241. The summed E-state index contributed by atoms with van der Waals surface area (Å²) in [5.41, 5.74) is 1.25. The number of halogens is 1. The number of aromatic nitrogens is 4. The van der Waals surface area contributed by atoms with Gasteiger partial charge in [0.2, 0.25) is 5.28 Å². The predicted molar refractivity (Wildman–Crippen MR) is 81.5 cm³/mol. The van der Waals surface area contributed by atoms with Crippen molar-refractivity contribution in [3.63, 3.8) is 0 Å². The molecule has 0 bridgehead atoms. The smallest absolute Gasteiger partial charge is 0.207 e. The molecule has 2 aromatic heterocycles. The number of imidazole rings is 1. The molecule has 0 amide bonds. The molecule has 0 saturated carbocycles. The molecule has 1 saturated heterocycles. The van der Waals surface area contributed by atoms with E-state index < -0.39 is 0 Å². The van der Waals surface area contributed by atoms with Crippen LogP contribution in [0.5, 0.6) is 0 Å². The number of aliphatic hydroxyl groups is 1. The highest BCUT2D eigenvalue weighted by Gasteiger charge is 2.29. The third-order valence-electron chi connectivity index (χ3n) is 3.25. The molecule has 0 aromatic carbocycles.